The Hall–Kier alpha value is -0.760. The molecule has 1 aromatic heterocycles. The van der Waals surface area contributed by atoms with Gasteiger partial charge in [0.15, 0.2) is 0 Å². The molecule has 0 amide bonds. The monoisotopic (exact) mass is 193 g/mol. The third-order valence-electron chi connectivity index (χ3n) is 3.19. The molecule has 78 valence electrons. The lowest BCUT2D eigenvalue weighted by atomic mass is 10.0. The smallest absolute Gasteiger partial charge is 0.0935 e. The minimum absolute atomic E-state index is 0.646. The third kappa shape index (κ3) is 2.18. The molecule has 1 saturated carbocycles. The lowest BCUT2D eigenvalue weighted by Gasteiger charge is -2.16. The highest BCUT2D eigenvalue weighted by molar-refractivity contribution is 5.09. The first-order chi connectivity index (χ1) is 6.81. The zero-order chi connectivity index (χ0) is 9.97. The number of hydrogen-bond donors (Lipinski definition) is 1. The number of hydrogen-bond acceptors (Lipinski definition) is 2. The van der Waals surface area contributed by atoms with Crippen LogP contribution >= 0.6 is 0 Å². The van der Waals surface area contributed by atoms with Crippen molar-refractivity contribution < 1.29 is 4.42 Å². The maximum Gasteiger partial charge on any atom is 0.0935 e. The van der Waals surface area contributed by atoms with E-state index < -0.39 is 0 Å². The van der Waals surface area contributed by atoms with Gasteiger partial charge in [0.25, 0.3) is 0 Å². The van der Waals surface area contributed by atoms with Gasteiger partial charge in [-0.1, -0.05) is 13.8 Å². The molecule has 0 aliphatic heterocycles. The summed E-state index contributed by atoms with van der Waals surface area (Å²) in [5.74, 6) is 1.79. The van der Waals surface area contributed by atoms with Gasteiger partial charge in [-0.25, -0.2) is 0 Å². The van der Waals surface area contributed by atoms with Crippen molar-refractivity contribution in [1.82, 2.24) is 5.32 Å². The molecule has 1 heterocycles. The van der Waals surface area contributed by atoms with E-state index >= 15 is 0 Å². The molecule has 3 unspecified atom stereocenters. The van der Waals surface area contributed by atoms with Gasteiger partial charge in [-0.3, -0.25) is 0 Å². The van der Waals surface area contributed by atoms with Crippen LogP contribution in [0.3, 0.4) is 0 Å². The van der Waals surface area contributed by atoms with Crippen molar-refractivity contribution in [3.05, 3.63) is 24.2 Å². The molecule has 1 fully saturated rings. The summed E-state index contributed by atoms with van der Waals surface area (Å²) < 4.78 is 5.09. The van der Waals surface area contributed by atoms with Crippen LogP contribution in [-0.2, 0) is 6.42 Å². The zero-order valence-corrected chi connectivity index (χ0v) is 8.99. The second-order valence-electron chi connectivity index (χ2n) is 4.38. The Bertz CT molecular complexity index is 268. The first-order valence-electron chi connectivity index (χ1n) is 5.55. The lowest BCUT2D eigenvalue weighted by Crippen LogP contribution is -2.33. The lowest BCUT2D eigenvalue weighted by molar-refractivity contribution is 0.452. The summed E-state index contributed by atoms with van der Waals surface area (Å²) in [4.78, 5) is 0. The molecular weight excluding hydrogens is 174 g/mol. The van der Waals surface area contributed by atoms with Crippen LogP contribution in [0.1, 0.15) is 25.8 Å². The molecule has 0 aromatic carbocycles. The predicted octanol–water partition coefficient (Wildman–Crippen LogP) is 2.46. The van der Waals surface area contributed by atoms with Crippen molar-refractivity contribution in [2.75, 3.05) is 6.54 Å². The standard InChI is InChI=1S/C12H19NO/c1-3-13-12(11-6-9(11)2)7-10-4-5-14-8-10/h4-5,8-9,11-13H,3,6-7H2,1-2H3. The number of furan rings is 1. The Morgan fingerprint density at radius 1 is 1.64 bits per heavy atom. The predicted molar refractivity (Wildman–Crippen MR) is 57.1 cm³/mol. The van der Waals surface area contributed by atoms with Gasteiger partial charge in [-0.05, 0) is 42.9 Å². The van der Waals surface area contributed by atoms with Gasteiger partial charge < -0.3 is 9.73 Å². The molecule has 0 saturated heterocycles. The van der Waals surface area contributed by atoms with E-state index in [4.69, 9.17) is 4.42 Å². The van der Waals surface area contributed by atoms with Crippen LogP contribution in [0.4, 0.5) is 0 Å². The highest BCUT2D eigenvalue weighted by Gasteiger charge is 2.38. The van der Waals surface area contributed by atoms with E-state index in [0.717, 1.165) is 24.8 Å². The zero-order valence-electron chi connectivity index (χ0n) is 8.99. The molecule has 0 spiro atoms. The van der Waals surface area contributed by atoms with Gasteiger partial charge in [0.05, 0.1) is 12.5 Å². The van der Waals surface area contributed by atoms with Crippen molar-refractivity contribution in [2.24, 2.45) is 11.8 Å². The van der Waals surface area contributed by atoms with Crippen LogP contribution in [0.15, 0.2) is 23.0 Å². The van der Waals surface area contributed by atoms with Crippen molar-refractivity contribution in [3.63, 3.8) is 0 Å². The quantitative estimate of drug-likeness (QED) is 0.777. The van der Waals surface area contributed by atoms with E-state index in [-0.39, 0.29) is 0 Å². The van der Waals surface area contributed by atoms with Gasteiger partial charge in [-0.2, -0.15) is 0 Å². The summed E-state index contributed by atoms with van der Waals surface area (Å²) in [5, 5.41) is 3.57. The second kappa shape index (κ2) is 4.18. The molecule has 14 heavy (non-hydrogen) atoms. The highest BCUT2D eigenvalue weighted by Crippen LogP contribution is 2.41. The molecule has 1 aromatic rings. The first kappa shape index (κ1) is 9.78. The molecule has 1 aliphatic rings. The van der Waals surface area contributed by atoms with E-state index in [1.165, 1.54) is 12.0 Å². The summed E-state index contributed by atoms with van der Waals surface area (Å²) in [6, 6.07) is 2.71. The SMILES string of the molecule is CCNC(Cc1ccoc1)C1CC1C. The van der Waals surface area contributed by atoms with Gasteiger partial charge in [0.1, 0.15) is 0 Å². The highest BCUT2D eigenvalue weighted by atomic mass is 16.3. The normalized spacial score (nSPS) is 27.6. The van der Waals surface area contributed by atoms with Crippen LogP contribution in [0.2, 0.25) is 0 Å². The van der Waals surface area contributed by atoms with Gasteiger partial charge in [0, 0.05) is 6.04 Å². The van der Waals surface area contributed by atoms with Gasteiger partial charge >= 0.3 is 0 Å². The van der Waals surface area contributed by atoms with Crippen molar-refractivity contribution in [1.29, 1.82) is 0 Å². The summed E-state index contributed by atoms with van der Waals surface area (Å²) in [6.45, 7) is 5.57. The average Bonchev–Trinajstić information content (AvgIpc) is 2.68. The largest absolute Gasteiger partial charge is 0.472 e. The van der Waals surface area contributed by atoms with Crippen LogP contribution in [0.5, 0.6) is 0 Å². The van der Waals surface area contributed by atoms with Crippen molar-refractivity contribution in [3.8, 4) is 0 Å². The molecule has 1 aliphatic carbocycles. The molecule has 0 radical (unpaired) electrons. The second-order valence-corrected chi connectivity index (χ2v) is 4.38. The van der Waals surface area contributed by atoms with E-state index in [9.17, 15) is 0 Å². The summed E-state index contributed by atoms with van der Waals surface area (Å²) in [6.07, 6.45) is 6.11. The number of rotatable bonds is 5. The summed E-state index contributed by atoms with van der Waals surface area (Å²) in [5.41, 5.74) is 1.31. The fraction of sp³-hybridized carbons (Fsp3) is 0.667. The van der Waals surface area contributed by atoms with Crippen LogP contribution in [-0.4, -0.2) is 12.6 Å². The van der Waals surface area contributed by atoms with E-state index in [1.807, 2.05) is 6.26 Å². The average molecular weight is 193 g/mol. The van der Waals surface area contributed by atoms with E-state index in [2.05, 4.69) is 25.2 Å². The minimum atomic E-state index is 0.646. The maximum absolute atomic E-state index is 5.09. The Labute approximate surface area is 85.7 Å². The topological polar surface area (TPSA) is 25.2 Å². The molecule has 3 atom stereocenters. The Morgan fingerprint density at radius 3 is 2.93 bits per heavy atom. The maximum atomic E-state index is 5.09. The molecule has 2 rings (SSSR count). The van der Waals surface area contributed by atoms with E-state index in [0.29, 0.717) is 6.04 Å². The Kier molecular flexibility index (Phi) is 2.92. The molecular formula is C12H19NO. The third-order valence-corrected chi connectivity index (χ3v) is 3.19. The van der Waals surface area contributed by atoms with Gasteiger partial charge in [-0.15, -0.1) is 0 Å². The number of nitrogens with one attached hydrogen (secondary N) is 1. The Morgan fingerprint density at radius 2 is 2.43 bits per heavy atom. The van der Waals surface area contributed by atoms with Crippen LogP contribution < -0.4 is 5.32 Å². The summed E-state index contributed by atoms with van der Waals surface area (Å²) >= 11 is 0. The fourth-order valence-corrected chi connectivity index (χ4v) is 2.21. The van der Waals surface area contributed by atoms with Crippen molar-refractivity contribution >= 4 is 0 Å². The van der Waals surface area contributed by atoms with Gasteiger partial charge in [0.2, 0.25) is 0 Å². The molecule has 1 N–H and O–H groups in total. The molecule has 0 bridgehead atoms. The molecule has 2 heteroatoms. The van der Waals surface area contributed by atoms with Crippen LogP contribution in [0.25, 0.3) is 0 Å². The molecule has 2 nitrogen and oxygen atoms in total. The van der Waals surface area contributed by atoms with Crippen molar-refractivity contribution in [2.45, 2.75) is 32.7 Å². The summed E-state index contributed by atoms with van der Waals surface area (Å²) in [7, 11) is 0. The number of likely N-dealkylation sites (N-methyl/N-ethyl adjacent to an activating group) is 1. The van der Waals surface area contributed by atoms with Crippen LogP contribution in [0, 0.1) is 11.8 Å². The minimum Gasteiger partial charge on any atom is -0.472 e. The van der Waals surface area contributed by atoms with E-state index in [1.54, 1.807) is 6.26 Å². The fourth-order valence-electron chi connectivity index (χ4n) is 2.21. The first-order valence-corrected chi connectivity index (χ1v) is 5.55. The Balaban J connectivity index is 1.91.